The molecule has 4 heteroatoms. The summed E-state index contributed by atoms with van der Waals surface area (Å²) >= 11 is 0. The molecule has 0 fully saturated rings. The van der Waals surface area contributed by atoms with Gasteiger partial charge in [0.15, 0.2) is 0 Å². The molecule has 0 aliphatic heterocycles. The van der Waals surface area contributed by atoms with Gasteiger partial charge in [-0.15, -0.1) is 0 Å². The van der Waals surface area contributed by atoms with Crippen molar-refractivity contribution in [3.05, 3.63) is 35.4 Å². The first-order chi connectivity index (χ1) is 9.06. The Hall–Kier alpha value is -1.81. The lowest BCUT2D eigenvalue weighted by atomic mass is 9.99. The van der Waals surface area contributed by atoms with Crippen LogP contribution in [0.4, 0.5) is 0 Å². The topological polar surface area (TPSA) is 61.3 Å². The van der Waals surface area contributed by atoms with Crippen LogP contribution in [0.2, 0.25) is 0 Å². The second-order valence-electron chi connectivity index (χ2n) is 4.83. The van der Waals surface area contributed by atoms with Crippen molar-refractivity contribution in [2.24, 2.45) is 5.73 Å². The highest BCUT2D eigenvalue weighted by atomic mass is 16.5. The Balaban J connectivity index is 2.52. The van der Waals surface area contributed by atoms with Crippen molar-refractivity contribution >= 4 is 0 Å². The fourth-order valence-corrected chi connectivity index (χ4v) is 2.05. The van der Waals surface area contributed by atoms with Gasteiger partial charge in [0, 0.05) is 5.56 Å². The second kappa shape index (κ2) is 5.45. The number of nitrogens with two attached hydrogens (primary N) is 1. The van der Waals surface area contributed by atoms with E-state index in [-0.39, 0.29) is 0 Å². The fourth-order valence-electron chi connectivity index (χ4n) is 2.05. The summed E-state index contributed by atoms with van der Waals surface area (Å²) in [4.78, 5) is 4.41. The lowest BCUT2D eigenvalue weighted by Crippen LogP contribution is -1.96. The number of aryl methyl sites for hydroxylation is 1. The van der Waals surface area contributed by atoms with Crippen LogP contribution in [0, 0.1) is 6.92 Å². The Labute approximate surface area is 113 Å². The summed E-state index contributed by atoms with van der Waals surface area (Å²) < 4.78 is 11.0. The predicted molar refractivity (Wildman–Crippen MR) is 75.2 cm³/mol. The van der Waals surface area contributed by atoms with Crippen molar-refractivity contribution in [3.63, 3.8) is 0 Å². The summed E-state index contributed by atoms with van der Waals surface area (Å²) in [6, 6.07) is 6.17. The molecular weight excluding hydrogens is 240 g/mol. The summed E-state index contributed by atoms with van der Waals surface area (Å²) in [5.74, 6) is 2.57. The number of aromatic nitrogens is 1. The molecule has 0 radical (unpaired) electrons. The fraction of sp³-hybridized carbons (Fsp3) is 0.400. The van der Waals surface area contributed by atoms with Gasteiger partial charge < -0.3 is 14.9 Å². The molecule has 0 aliphatic carbocycles. The van der Waals surface area contributed by atoms with Crippen molar-refractivity contribution in [2.75, 3.05) is 7.11 Å². The molecule has 2 N–H and O–H groups in total. The van der Waals surface area contributed by atoms with E-state index in [1.54, 1.807) is 7.11 Å². The van der Waals surface area contributed by atoms with Gasteiger partial charge in [0.2, 0.25) is 5.89 Å². The van der Waals surface area contributed by atoms with Crippen LogP contribution in [0.1, 0.15) is 37.0 Å². The van der Waals surface area contributed by atoms with Gasteiger partial charge in [0.1, 0.15) is 17.2 Å². The predicted octanol–water partition coefficient (Wildman–Crippen LogP) is 3.24. The van der Waals surface area contributed by atoms with Gasteiger partial charge in [-0.25, -0.2) is 4.98 Å². The minimum Gasteiger partial charge on any atom is -0.496 e. The number of ether oxygens (including phenoxy) is 1. The van der Waals surface area contributed by atoms with Crippen LogP contribution in [-0.4, -0.2) is 12.1 Å². The van der Waals surface area contributed by atoms with Crippen LogP contribution < -0.4 is 10.5 Å². The molecule has 0 spiro atoms. The van der Waals surface area contributed by atoms with Crippen LogP contribution in [0.25, 0.3) is 11.3 Å². The van der Waals surface area contributed by atoms with Crippen molar-refractivity contribution in [2.45, 2.75) is 33.2 Å². The molecule has 0 atom stereocenters. The molecule has 0 amide bonds. The molecule has 2 rings (SSSR count). The third-order valence-corrected chi connectivity index (χ3v) is 3.16. The summed E-state index contributed by atoms with van der Waals surface area (Å²) in [5, 5.41) is 0. The number of rotatable bonds is 4. The average Bonchev–Trinajstić information content (AvgIpc) is 2.79. The number of benzene rings is 1. The first-order valence-electron chi connectivity index (χ1n) is 6.41. The minimum absolute atomic E-state index is 0.299. The lowest BCUT2D eigenvalue weighted by Gasteiger charge is -2.11. The Morgan fingerprint density at radius 3 is 2.63 bits per heavy atom. The molecule has 2 aromatic rings. The molecule has 0 unspecified atom stereocenters. The zero-order chi connectivity index (χ0) is 14.0. The number of hydrogen-bond donors (Lipinski definition) is 1. The Morgan fingerprint density at radius 2 is 2.11 bits per heavy atom. The van der Waals surface area contributed by atoms with Crippen LogP contribution in [0.3, 0.4) is 0 Å². The largest absolute Gasteiger partial charge is 0.496 e. The van der Waals surface area contributed by atoms with Crippen LogP contribution in [0.15, 0.2) is 22.6 Å². The van der Waals surface area contributed by atoms with E-state index >= 15 is 0 Å². The minimum atomic E-state index is 0.299. The molecule has 1 heterocycles. The van der Waals surface area contributed by atoms with Gasteiger partial charge in [0.05, 0.1) is 13.7 Å². The van der Waals surface area contributed by atoms with E-state index in [1.807, 2.05) is 13.0 Å². The van der Waals surface area contributed by atoms with E-state index in [0.717, 1.165) is 22.8 Å². The monoisotopic (exact) mass is 260 g/mol. The molecular formula is C15H20N2O2. The Kier molecular flexibility index (Phi) is 3.90. The van der Waals surface area contributed by atoms with Gasteiger partial charge in [-0.1, -0.05) is 19.9 Å². The highest BCUT2D eigenvalue weighted by Gasteiger charge is 2.16. The molecule has 102 valence electrons. The zero-order valence-corrected chi connectivity index (χ0v) is 11.9. The maximum Gasteiger partial charge on any atom is 0.208 e. The quantitative estimate of drug-likeness (QED) is 0.916. The van der Waals surface area contributed by atoms with Gasteiger partial charge in [-0.3, -0.25) is 0 Å². The third-order valence-electron chi connectivity index (χ3n) is 3.16. The third kappa shape index (κ3) is 2.63. The van der Waals surface area contributed by atoms with E-state index in [2.05, 4.69) is 31.0 Å². The number of methoxy groups -OCH3 is 1. The van der Waals surface area contributed by atoms with Gasteiger partial charge in [0.25, 0.3) is 0 Å². The maximum atomic E-state index is 5.56. The Bertz CT molecular complexity index is 574. The van der Waals surface area contributed by atoms with E-state index in [0.29, 0.717) is 18.4 Å². The number of nitrogens with zero attached hydrogens (tertiary/aromatic N) is 1. The summed E-state index contributed by atoms with van der Waals surface area (Å²) in [6.45, 7) is 6.50. The summed E-state index contributed by atoms with van der Waals surface area (Å²) in [6.07, 6.45) is 0. The van der Waals surface area contributed by atoms with Crippen LogP contribution in [-0.2, 0) is 6.54 Å². The van der Waals surface area contributed by atoms with Crippen LogP contribution in [0.5, 0.6) is 5.75 Å². The SMILES string of the molecule is COc1cc(C(C)C)ccc1-c1nc(CN)oc1C. The molecule has 0 saturated carbocycles. The molecule has 0 aliphatic rings. The van der Waals surface area contributed by atoms with Gasteiger partial charge >= 0.3 is 0 Å². The van der Waals surface area contributed by atoms with E-state index in [1.165, 1.54) is 5.56 Å². The maximum absolute atomic E-state index is 5.56. The molecule has 1 aromatic carbocycles. The van der Waals surface area contributed by atoms with Gasteiger partial charge in [-0.2, -0.15) is 0 Å². The first-order valence-corrected chi connectivity index (χ1v) is 6.41. The normalized spacial score (nSPS) is 11.1. The molecule has 0 bridgehead atoms. The van der Waals surface area contributed by atoms with E-state index in [4.69, 9.17) is 14.9 Å². The first kappa shape index (κ1) is 13.6. The Morgan fingerprint density at radius 1 is 1.37 bits per heavy atom. The van der Waals surface area contributed by atoms with E-state index in [9.17, 15) is 0 Å². The average molecular weight is 260 g/mol. The highest BCUT2D eigenvalue weighted by molar-refractivity contribution is 5.69. The second-order valence-corrected chi connectivity index (χ2v) is 4.83. The van der Waals surface area contributed by atoms with Gasteiger partial charge in [-0.05, 0) is 30.5 Å². The molecule has 19 heavy (non-hydrogen) atoms. The van der Waals surface area contributed by atoms with Crippen LogP contribution >= 0.6 is 0 Å². The summed E-state index contributed by atoms with van der Waals surface area (Å²) in [7, 11) is 1.67. The number of oxazole rings is 1. The highest BCUT2D eigenvalue weighted by Crippen LogP contribution is 2.34. The number of hydrogen-bond acceptors (Lipinski definition) is 4. The van der Waals surface area contributed by atoms with Crippen molar-refractivity contribution in [1.29, 1.82) is 0 Å². The molecule has 1 aromatic heterocycles. The lowest BCUT2D eigenvalue weighted by molar-refractivity contribution is 0.415. The molecule has 0 saturated heterocycles. The zero-order valence-electron chi connectivity index (χ0n) is 11.9. The smallest absolute Gasteiger partial charge is 0.208 e. The van der Waals surface area contributed by atoms with Crippen molar-refractivity contribution < 1.29 is 9.15 Å². The van der Waals surface area contributed by atoms with Crippen molar-refractivity contribution in [1.82, 2.24) is 4.98 Å². The standard InChI is InChI=1S/C15H20N2O2/c1-9(2)11-5-6-12(13(7-11)18-4)15-10(3)19-14(8-16)17-15/h5-7,9H,8,16H2,1-4H3. The molecule has 4 nitrogen and oxygen atoms in total. The summed E-state index contributed by atoms with van der Waals surface area (Å²) in [5.41, 5.74) is 8.53. The van der Waals surface area contributed by atoms with Crippen molar-refractivity contribution in [3.8, 4) is 17.0 Å². The van der Waals surface area contributed by atoms with E-state index < -0.39 is 0 Å².